The van der Waals surface area contributed by atoms with Crippen molar-refractivity contribution in [3.05, 3.63) is 34.6 Å². The number of carbonyl (C=O) groups excluding carboxylic acids is 1. The van der Waals surface area contributed by atoms with Gasteiger partial charge < -0.3 is 5.32 Å². The quantitative estimate of drug-likeness (QED) is 0.699. The highest BCUT2D eigenvalue weighted by Crippen LogP contribution is 2.37. The Bertz CT molecular complexity index is 938. The number of nitrogens with zero attached hydrogens (tertiary/aromatic N) is 4. The number of halogens is 1. The average Bonchev–Trinajstić information content (AvgIpc) is 3.35. The molecule has 0 atom stereocenters. The number of H-pyrrole nitrogens is 1. The molecule has 0 spiro atoms. The van der Waals surface area contributed by atoms with Crippen LogP contribution in [0.15, 0.2) is 23.1 Å². The van der Waals surface area contributed by atoms with E-state index in [0.29, 0.717) is 31.8 Å². The SMILES string of the molecule is CCN(CC)S(=O)(=O)c1cc(C(=O)NC2(c3nn[nH]n3)CCCC2)ccc1Cl. The van der Waals surface area contributed by atoms with Crippen molar-refractivity contribution >= 4 is 27.5 Å². The van der Waals surface area contributed by atoms with Gasteiger partial charge in [-0.3, -0.25) is 4.79 Å². The van der Waals surface area contributed by atoms with Crippen LogP contribution in [0.25, 0.3) is 0 Å². The Labute approximate surface area is 168 Å². The van der Waals surface area contributed by atoms with E-state index in [1.54, 1.807) is 13.8 Å². The van der Waals surface area contributed by atoms with Crippen molar-refractivity contribution in [2.45, 2.75) is 50.0 Å². The van der Waals surface area contributed by atoms with Crippen LogP contribution in [0.2, 0.25) is 5.02 Å². The number of nitrogens with one attached hydrogen (secondary N) is 2. The summed E-state index contributed by atoms with van der Waals surface area (Å²) in [6, 6.07) is 4.27. The number of sulfonamides is 1. The van der Waals surface area contributed by atoms with Gasteiger partial charge in [-0.2, -0.15) is 9.52 Å². The highest BCUT2D eigenvalue weighted by molar-refractivity contribution is 7.89. The number of tetrazole rings is 1. The Kier molecular flexibility index (Phi) is 6.01. The van der Waals surface area contributed by atoms with E-state index in [9.17, 15) is 13.2 Å². The molecule has 2 aromatic rings. The molecular formula is C17H23ClN6O3S. The first-order valence-corrected chi connectivity index (χ1v) is 11.0. The molecule has 28 heavy (non-hydrogen) atoms. The van der Waals surface area contributed by atoms with E-state index in [4.69, 9.17) is 11.6 Å². The normalized spacial score (nSPS) is 16.4. The van der Waals surface area contributed by atoms with Crippen LogP contribution in [0.3, 0.4) is 0 Å². The summed E-state index contributed by atoms with van der Waals surface area (Å²) in [4.78, 5) is 12.9. The van der Waals surface area contributed by atoms with Crippen molar-refractivity contribution in [3.63, 3.8) is 0 Å². The van der Waals surface area contributed by atoms with Crippen LogP contribution in [0.4, 0.5) is 0 Å². The topological polar surface area (TPSA) is 121 Å². The van der Waals surface area contributed by atoms with Crippen LogP contribution >= 0.6 is 11.6 Å². The molecule has 11 heteroatoms. The average molecular weight is 427 g/mol. The Morgan fingerprint density at radius 2 is 1.96 bits per heavy atom. The fraction of sp³-hybridized carbons (Fsp3) is 0.529. The number of amides is 1. The van der Waals surface area contributed by atoms with Gasteiger partial charge >= 0.3 is 0 Å². The minimum Gasteiger partial charge on any atom is -0.339 e. The van der Waals surface area contributed by atoms with Crippen molar-refractivity contribution in [2.24, 2.45) is 0 Å². The number of rotatable bonds is 7. The molecule has 1 amide bonds. The van der Waals surface area contributed by atoms with Gasteiger partial charge in [0.15, 0.2) is 5.82 Å². The summed E-state index contributed by atoms with van der Waals surface area (Å²) in [6.07, 6.45) is 3.24. The lowest BCUT2D eigenvalue weighted by Crippen LogP contribution is -2.44. The number of hydrogen-bond acceptors (Lipinski definition) is 6. The van der Waals surface area contributed by atoms with Gasteiger partial charge in [0.2, 0.25) is 10.0 Å². The predicted octanol–water partition coefficient (Wildman–Crippen LogP) is 2.08. The fourth-order valence-corrected chi connectivity index (χ4v) is 5.54. The second-order valence-corrected chi connectivity index (χ2v) is 9.03. The standard InChI is InChI=1S/C17H23ClN6O3S/c1-3-24(4-2)28(26,27)14-11-12(7-8-13(14)18)15(25)19-17(9-5-6-10-17)16-20-22-23-21-16/h7-8,11H,3-6,9-10H2,1-2H3,(H,19,25)(H,20,21,22,23). The second kappa shape index (κ2) is 8.14. The zero-order valence-electron chi connectivity index (χ0n) is 15.8. The number of hydrogen-bond donors (Lipinski definition) is 2. The van der Waals surface area contributed by atoms with Crippen LogP contribution in [0.5, 0.6) is 0 Å². The first-order valence-electron chi connectivity index (χ1n) is 9.20. The lowest BCUT2D eigenvalue weighted by Gasteiger charge is -2.27. The number of carbonyl (C=O) groups is 1. The second-order valence-electron chi connectivity index (χ2n) is 6.71. The third kappa shape index (κ3) is 3.76. The Balaban J connectivity index is 1.93. The number of benzene rings is 1. The molecule has 1 aromatic heterocycles. The van der Waals surface area contributed by atoms with Crippen LogP contribution in [0, 0.1) is 0 Å². The van der Waals surface area contributed by atoms with Crippen LogP contribution in [-0.2, 0) is 15.6 Å². The van der Waals surface area contributed by atoms with Gasteiger partial charge in [0.1, 0.15) is 10.4 Å². The summed E-state index contributed by atoms with van der Waals surface area (Å²) >= 11 is 6.15. The molecule has 1 saturated carbocycles. The van der Waals surface area contributed by atoms with E-state index in [1.165, 1.54) is 22.5 Å². The minimum absolute atomic E-state index is 0.0782. The number of aromatic amines is 1. The Hall–Kier alpha value is -2.04. The van der Waals surface area contributed by atoms with E-state index in [1.807, 2.05) is 0 Å². The maximum Gasteiger partial charge on any atom is 0.252 e. The Morgan fingerprint density at radius 3 is 2.54 bits per heavy atom. The van der Waals surface area contributed by atoms with Crippen LogP contribution in [0.1, 0.15) is 55.7 Å². The molecule has 1 aliphatic carbocycles. The van der Waals surface area contributed by atoms with Gasteiger partial charge in [0, 0.05) is 18.7 Å². The first-order chi connectivity index (χ1) is 13.3. The third-order valence-electron chi connectivity index (χ3n) is 5.10. The summed E-state index contributed by atoms with van der Waals surface area (Å²) in [5.74, 6) is 0.0302. The molecule has 1 aliphatic rings. The van der Waals surface area contributed by atoms with Crippen molar-refractivity contribution in [2.75, 3.05) is 13.1 Å². The van der Waals surface area contributed by atoms with Crippen LogP contribution < -0.4 is 5.32 Å². The largest absolute Gasteiger partial charge is 0.339 e. The summed E-state index contributed by atoms with van der Waals surface area (Å²) in [6.45, 7) is 4.12. The van der Waals surface area contributed by atoms with Gasteiger partial charge in [0.25, 0.3) is 5.91 Å². The summed E-state index contributed by atoms with van der Waals surface area (Å²) < 4.78 is 27.0. The van der Waals surface area contributed by atoms with E-state index in [0.717, 1.165) is 12.8 Å². The van der Waals surface area contributed by atoms with E-state index >= 15 is 0 Å². The molecule has 0 aliphatic heterocycles. The Morgan fingerprint density at radius 1 is 1.29 bits per heavy atom. The van der Waals surface area contributed by atoms with Crippen molar-refractivity contribution < 1.29 is 13.2 Å². The lowest BCUT2D eigenvalue weighted by molar-refractivity contribution is 0.0893. The predicted molar refractivity (Wildman–Crippen MR) is 103 cm³/mol. The van der Waals surface area contributed by atoms with Crippen molar-refractivity contribution in [1.82, 2.24) is 30.2 Å². The summed E-state index contributed by atoms with van der Waals surface area (Å²) in [5.41, 5.74) is -0.494. The monoisotopic (exact) mass is 426 g/mol. The van der Waals surface area contributed by atoms with Crippen molar-refractivity contribution in [3.8, 4) is 0 Å². The third-order valence-corrected chi connectivity index (χ3v) is 7.63. The molecule has 3 rings (SSSR count). The molecule has 152 valence electrons. The smallest absolute Gasteiger partial charge is 0.252 e. The molecule has 0 radical (unpaired) electrons. The highest BCUT2D eigenvalue weighted by Gasteiger charge is 2.41. The van der Waals surface area contributed by atoms with E-state index in [2.05, 4.69) is 25.9 Å². The van der Waals surface area contributed by atoms with Gasteiger partial charge in [-0.15, -0.1) is 10.2 Å². The molecule has 0 bridgehead atoms. The summed E-state index contributed by atoms with van der Waals surface area (Å²) in [7, 11) is -3.79. The van der Waals surface area contributed by atoms with Gasteiger partial charge in [-0.1, -0.05) is 43.5 Å². The highest BCUT2D eigenvalue weighted by atomic mass is 35.5. The van der Waals surface area contributed by atoms with Gasteiger partial charge in [-0.05, 0) is 31.0 Å². The molecule has 0 unspecified atom stereocenters. The van der Waals surface area contributed by atoms with Gasteiger partial charge in [0.05, 0.1) is 5.02 Å². The van der Waals surface area contributed by atoms with Crippen LogP contribution in [-0.4, -0.2) is 52.3 Å². The zero-order chi connectivity index (χ0) is 20.4. The first kappa shape index (κ1) is 20.7. The van der Waals surface area contributed by atoms with Crippen molar-refractivity contribution in [1.29, 1.82) is 0 Å². The fourth-order valence-electron chi connectivity index (χ4n) is 3.58. The molecule has 1 fully saturated rings. The van der Waals surface area contributed by atoms with E-state index in [-0.39, 0.29) is 15.5 Å². The lowest BCUT2D eigenvalue weighted by atomic mass is 9.96. The maximum absolute atomic E-state index is 13.0. The number of aromatic nitrogens is 4. The van der Waals surface area contributed by atoms with E-state index < -0.39 is 21.5 Å². The molecule has 2 N–H and O–H groups in total. The molecule has 1 aromatic carbocycles. The maximum atomic E-state index is 13.0. The molecule has 0 saturated heterocycles. The summed E-state index contributed by atoms with van der Waals surface area (Å²) in [5, 5.41) is 17.2. The van der Waals surface area contributed by atoms with Gasteiger partial charge in [-0.25, -0.2) is 8.42 Å². The molecule has 1 heterocycles. The zero-order valence-corrected chi connectivity index (χ0v) is 17.3. The molecule has 9 nitrogen and oxygen atoms in total. The molecular weight excluding hydrogens is 404 g/mol. The minimum atomic E-state index is -3.79.